The molecule has 0 fully saturated rings. The maximum Gasteiger partial charge on any atom is 0.573 e. The highest BCUT2D eigenvalue weighted by molar-refractivity contribution is 5.54. The maximum absolute atomic E-state index is 14.0. The molecule has 1 aliphatic heterocycles. The van der Waals surface area contributed by atoms with Gasteiger partial charge >= 0.3 is 6.36 Å². The highest BCUT2D eigenvalue weighted by Crippen LogP contribution is 2.31. The van der Waals surface area contributed by atoms with Crippen LogP contribution in [0.15, 0.2) is 42.5 Å². The Hall–Kier alpha value is -2.24. The van der Waals surface area contributed by atoms with Crippen molar-refractivity contribution < 1.29 is 22.3 Å². The van der Waals surface area contributed by atoms with E-state index in [1.54, 1.807) is 4.90 Å². The Bertz CT molecular complexity index is 684. The minimum absolute atomic E-state index is 0.122. The molecule has 6 heteroatoms. The minimum atomic E-state index is -4.79. The second kappa shape index (κ2) is 5.51. The predicted octanol–water partition coefficient (Wildman–Crippen LogP) is 4.29. The van der Waals surface area contributed by atoms with Gasteiger partial charge in [-0.05, 0) is 29.7 Å². The summed E-state index contributed by atoms with van der Waals surface area (Å²) < 4.78 is 54.7. The molecule has 0 amide bonds. The zero-order chi connectivity index (χ0) is 15.7. The van der Waals surface area contributed by atoms with Crippen LogP contribution in [0.5, 0.6) is 5.75 Å². The van der Waals surface area contributed by atoms with Crippen molar-refractivity contribution in [1.82, 2.24) is 0 Å². The van der Waals surface area contributed by atoms with E-state index in [0.717, 1.165) is 30.2 Å². The first-order chi connectivity index (χ1) is 10.4. The molecule has 0 saturated heterocycles. The van der Waals surface area contributed by atoms with E-state index in [4.69, 9.17) is 0 Å². The van der Waals surface area contributed by atoms with E-state index in [-0.39, 0.29) is 5.69 Å². The molecule has 0 aliphatic carbocycles. The summed E-state index contributed by atoms with van der Waals surface area (Å²) in [7, 11) is 0. The maximum atomic E-state index is 14.0. The van der Waals surface area contributed by atoms with E-state index < -0.39 is 17.9 Å². The molecule has 2 aromatic carbocycles. The number of hydrogen-bond donors (Lipinski definition) is 0. The lowest BCUT2D eigenvalue weighted by atomic mass is 9.99. The SMILES string of the molecule is Fc1ccc(OC(F)(F)F)cc1N1CCc2ccccc2C1. The van der Waals surface area contributed by atoms with Crippen LogP contribution in [0.3, 0.4) is 0 Å². The van der Waals surface area contributed by atoms with E-state index >= 15 is 0 Å². The third kappa shape index (κ3) is 3.16. The lowest BCUT2D eigenvalue weighted by molar-refractivity contribution is -0.274. The van der Waals surface area contributed by atoms with Crippen LogP contribution in [0, 0.1) is 5.82 Å². The predicted molar refractivity (Wildman–Crippen MR) is 74.3 cm³/mol. The summed E-state index contributed by atoms with van der Waals surface area (Å²) in [4.78, 5) is 1.72. The van der Waals surface area contributed by atoms with Crippen LogP contribution in [-0.2, 0) is 13.0 Å². The molecule has 0 aromatic heterocycles. The molecule has 116 valence electrons. The Kier molecular flexibility index (Phi) is 3.68. The van der Waals surface area contributed by atoms with Gasteiger partial charge in [0, 0.05) is 19.2 Å². The summed E-state index contributed by atoms with van der Waals surface area (Å²) in [5.74, 6) is -0.975. The number of nitrogens with zero attached hydrogens (tertiary/aromatic N) is 1. The molecule has 0 unspecified atom stereocenters. The van der Waals surface area contributed by atoms with Crippen LogP contribution >= 0.6 is 0 Å². The fourth-order valence-electron chi connectivity index (χ4n) is 2.63. The standard InChI is InChI=1S/C16H13F4NO/c17-14-6-5-13(22-16(18,19)20)9-15(14)21-8-7-11-3-1-2-4-12(11)10-21/h1-6,9H,7-8,10H2. The van der Waals surface area contributed by atoms with Crippen molar-refractivity contribution in [1.29, 1.82) is 0 Å². The lowest BCUT2D eigenvalue weighted by Crippen LogP contribution is -2.31. The molecule has 0 bridgehead atoms. The fourth-order valence-corrected chi connectivity index (χ4v) is 2.63. The van der Waals surface area contributed by atoms with Crippen LogP contribution in [0.4, 0.5) is 23.2 Å². The van der Waals surface area contributed by atoms with Gasteiger partial charge in [-0.15, -0.1) is 13.2 Å². The van der Waals surface area contributed by atoms with Crippen molar-refractivity contribution in [2.75, 3.05) is 11.4 Å². The van der Waals surface area contributed by atoms with Gasteiger partial charge in [0.05, 0.1) is 5.69 Å². The molecule has 0 saturated carbocycles. The van der Waals surface area contributed by atoms with Crippen LogP contribution in [-0.4, -0.2) is 12.9 Å². The van der Waals surface area contributed by atoms with Gasteiger partial charge in [-0.2, -0.15) is 0 Å². The molecule has 2 nitrogen and oxygen atoms in total. The summed E-state index contributed by atoms with van der Waals surface area (Å²) in [5, 5.41) is 0. The average Bonchev–Trinajstić information content (AvgIpc) is 2.47. The Balaban J connectivity index is 1.87. The first kappa shape index (κ1) is 14.7. The monoisotopic (exact) mass is 311 g/mol. The Morgan fingerprint density at radius 2 is 1.73 bits per heavy atom. The molecular weight excluding hydrogens is 298 g/mol. The second-order valence-electron chi connectivity index (χ2n) is 5.10. The number of fused-ring (bicyclic) bond motifs is 1. The molecular formula is C16H13F4NO. The van der Waals surface area contributed by atoms with Gasteiger partial charge in [0.25, 0.3) is 0 Å². The first-order valence-corrected chi connectivity index (χ1v) is 6.79. The number of hydrogen-bond acceptors (Lipinski definition) is 2. The first-order valence-electron chi connectivity index (χ1n) is 6.79. The largest absolute Gasteiger partial charge is 0.573 e. The number of anilines is 1. The molecule has 0 atom stereocenters. The van der Waals surface area contributed by atoms with Gasteiger partial charge in [0.15, 0.2) is 0 Å². The van der Waals surface area contributed by atoms with Crippen LogP contribution in [0.1, 0.15) is 11.1 Å². The van der Waals surface area contributed by atoms with Crippen molar-refractivity contribution >= 4 is 5.69 Å². The normalized spacial score (nSPS) is 14.6. The lowest BCUT2D eigenvalue weighted by Gasteiger charge is -2.31. The van der Waals surface area contributed by atoms with E-state index in [1.807, 2.05) is 24.3 Å². The Morgan fingerprint density at radius 3 is 2.45 bits per heavy atom. The number of rotatable bonds is 2. The smallest absolute Gasteiger partial charge is 0.406 e. The van der Waals surface area contributed by atoms with Gasteiger partial charge in [-0.3, -0.25) is 0 Å². The zero-order valence-electron chi connectivity index (χ0n) is 11.5. The molecule has 0 radical (unpaired) electrons. The Morgan fingerprint density at radius 1 is 1.00 bits per heavy atom. The topological polar surface area (TPSA) is 12.5 Å². The number of halogens is 4. The van der Waals surface area contributed by atoms with Crippen molar-refractivity contribution in [2.45, 2.75) is 19.3 Å². The van der Waals surface area contributed by atoms with Gasteiger partial charge in [0.1, 0.15) is 11.6 Å². The van der Waals surface area contributed by atoms with Crippen molar-refractivity contribution in [3.63, 3.8) is 0 Å². The quantitative estimate of drug-likeness (QED) is 0.767. The molecule has 1 heterocycles. The number of ether oxygens (including phenoxy) is 1. The minimum Gasteiger partial charge on any atom is -0.406 e. The highest BCUT2D eigenvalue weighted by atomic mass is 19.4. The summed E-state index contributed by atoms with van der Waals surface area (Å²) in [5.41, 5.74) is 2.36. The van der Waals surface area contributed by atoms with E-state index in [0.29, 0.717) is 13.1 Å². The number of benzene rings is 2. The Labute approximate surface area is 124 Å². The van der Waals surface area contributed by atoms with Crippen molar-refractivity contribution in [2.24, 2.45) is 0 Å². The average molecular weight is 311 g/mol. The van der Waals surface area contributed by atoms with Crippen molar-refractivity contribution in [3.05, 3.63) is 59.4 Å². The van der Waals surface area contributed by atoms with Crippen LogP contribution < -0.4 is 9.64 Å². The molecule has 3 rings (SSSR count). The van der Waals surface area contributed by atoms with Gasteiger partial charge in [-0.1, -0.05) is 24.3 Å². The van der Waals surface area contributed by atoms with Gasteiger partial charge < -0.3 is 9.64 Å². The second-order valence-corrected chi connectivity index (χ2v) is 5.10. The van der Waals surface area contributed by atoms with Gasteiger partial charge in [0.2, 0.25) is 0 Å². The summed E-state index contributed by atoms with van der Waals surface area (Å²) in [6.45, 7) is 1.01. The molecule has 1 aliphatic rings. The van der Waals surface area contributed by atoms with E-state index in [1.165, 1.54) is 5.56 Å². The molecule has 0 spiro atoms. The fraction of sp³-hybridized carbons (Fsp3) is 0.250. The summed E-state index contributed by atoms with van der Waals surface area (Å²) >= 11 is 0. The number of alkyl halides is 3. The molecule has 0 N–H and O–H groups in total. The third-order valence-corrected chi connectivity index (χ3v) is 3.62. The summed E-state index contributed by atoms with van der Waals surface area (Å²) in [6.07, 6.45) is -4.07. The molecule has 2 aromatic rings. The van der Waals surface area contributed by atoms with Crippen LogP contribution in [0.25, 0.3) is 0 Å². The highest BCUT2D eigenvalue weighted by Gasteiger charge is 2.31. The van der Waals surface area contributed by atoms with Crippen LogP contribution in [0.2, 0.25) is 0 Å². The molecule has 22 heavy (non-hydrogen) atoms. The zero-order valence-corrected chi connectivity index (χ0v) is 11.5. The van der Waals surface area contributed by atoms with Gasteiger partial charge in [-0.25, -0.2) is 4.39 Å². The third-order valence-electron chi connectivity index (χ3n) is 3.62. The van der Waals surface area contributed by atoms with Crippen molar-refractivity contribution in [3.8, 4) is 5.75 Å². The van der Waals surface area contributed by atoms with E-state index in [9.17, 15) is 17.6 Å². The summed E-state index contributed by atoms with van der Waals surface area (Å²) in [6, 6.07) is 10.8. The van der Waals surface area contributed by atoms with E-state index in [2.05, 4.69) is 4.74 Å².